The second-order valence-corrected chi connectivity index (χ2v) is 5.96. The number of amides is 1. The van der Waals surface area contributed by atoms with Gasteiger partial charge in [-0.25, -0.2) is 5.43 Å². The van der Waals surface area contributed by atoms with E-state index in [2.05, 4.69) is 10.5 Å². The van der Waals surface area contributed by atoms with Crippen LogP contribution in [-0.2, 0) is 0 Å². The third kappa shape index (κ3) is 4.36. The summed E-state index contributed by atoms with van der Waals surface area (Å²) in [6.45, 7) is 0. The van der Waals surface area contributed by atoms with Gasteiger partial charge in [0.2, 0.25) is 0 Å². The van der Waals surface area contributed by atoms with E-state index in [1.807, 2.05) is 0 Å². The van der Waals surface area contributed by atoms with Gasteiger partial charge in [-0.1, -0.05) is 11.6 Å². The second-order valence-electron chi connectivity index (χ2n) is 5.55. The van der Waals surface area contributed by atoms with Crippen LogP contribution < -0.4 is 10.2 Å². The Hall–Kier alpha value is -3.65. The Morgan fingerprint density at radius 1 is 1.21 bits per heavy atom. The summed E-state index contributed by atoms with van der Waals surface area (Å²) >= 11 is 6.11. The van der Waals surface area contributed by atoms with Gasteiger partial charge in [-0.15, -0.1) is 0 Å². The molecular weight excluding hydrogens is 386 g/mol. The number of carbonyl (C=O) groups excluding carboxylic acids is 1. The average molecular weight is 400 g/mol. The van der Waals surface area contributed by atoms with E-state index in [0.29, 0.717) is 22.3 Å². The van der Waals surface area contributed by atoms with Crippen molar-refractivity contribution in [3.63, 3.8) is 0 Å². The second kappa shape index (κ2) is 8.36. The number of hydrazone groups is 1. The van der Waals surface area contributed by atoms with Crippen molar-refractivity contribution in [3.8, 4) is 17.1 Å². The first kappa shape index (κ1) is 19.1. The standard InChI is InChI=1S/C19H14ClN3O5/c1-27-18-8-4-13(10-16(18)20)17-9-7-15(28-17)11-21-22-19(24)12-2-5-14(6-3-12)23(25)26/h2-11H,1H3,(H,22,24)/b21-11+. The van der Waals surface area contributed by atoms with Crippen molar-refractivity contribution >= 4 is 29.4 Å². The predicted octanol–water partition coefficient (Wildman–Crippen LogP) is 4.28. The lowest BCUT2D eigenvalue weighted by Crippen LogP contribution is -2.17. The molecule has 28 heavy (non-hydrogen) atoms. The molecule has 0 fully saturated rings. The van der Waals surface area contributed by atoms with Crippen LogP contribution in [0.2, 0.25) is 5.02 Å². The molecule has 0 spiro atoms. The van der Waals surface area contributed by atoms with Crippen LogP contribution in [0.3, 0.4) is 0 Å². The van der Waals surface area contributed by atoms with Crippen LogP contribution in [0.4, 0.5) is 5.69 Å². The van der Waals surface area contributed by atoms with E-state index in [4.69, 9.17) is 20.8 Å². The Morgan fingerprint density at radius 3 is 2.61 bits per heavy atom. The van der Waals surface area contributed by atoms with Crippen molar-refractivity contribution in [1.82, 2.24) is 5.43 Å². The number of hydrogen-bond donors (Lipinski definition) is 1. The fraction of sp³-hybridized carbons (Fsp3) is 0.0526. The molecule has 0 aliphatic carbocycles. The number of halogens is 1. The van der Waals surface area contributed by atoms with Gasteiger partial charge in [-0.05, 0) is 42.5 Å². The first-order valence-electron chi connectivity index (χ1n) is 7.99. The molecule has 0 radical (unpaired) electrons. The Kier molecular flexibility index (Phi) is 5.71. The Labute approximate surface area is 164 Å². The quantitative estimate of drug-likeness (QED) is 0.378. The molecule has 9 heteroatoms. The Bertz CT molecular complexity index is 1040. The van der Waals surface area contributed by atoms with Crippen molar-refractivity contribution in [2.24, 2.45) is 5.10 Å². The summed E-state index contributed by atoms with van der Waals surface area (Å²) in [4.78, 5) is 22.1. The van der Waals surface area contributed by atoms with Gasteiger partial charge >= 0.3 is 0 Å². The highest BCUT2D eigenvalue weighted by atomic mass is 35.5. The number of nitro groups is 1. The van der Waals surface area contributed by atoms with Crippen molar-refractivity contribution in [2.45, 2.75) is 0 Å². The number of benzene rings is 2. The molecule has 0 atom stereocenters. The van der Waals surface area contributed by atoms with Gasteiger partial charge in [0.05, 0.1) is 23.3 Å². The van der Waals surface area contributed by atoms with E-state index in [1.165, 1.54) is 37.6 Å². The van der Waals surface area contributed by atoms with Crippen molar-refractivity contribution in [2.75, 3.05) is 7.11 Å². The number of ether oxygens (including phenoxy) is 1. The van der Waals surface area contributed by atoms with Crippen LogP contribution in [0.15, 0.2) is 64.1 Å². The van der Waals surface area contributed by atoms with Crippen LogP contribution in [-0.4, -0.2) is 24.2 Å². The van der Waals surface area contributed by atoms with Gasteiger partial charge in [-0.3, -0.25) is 14.9 Å². The monoisotopic (exact) mass is 399 g/mol. The summed E-state index contributed by atoms with van der Waals surface area (Å²) < 4.78 is 10.8. The summed E-state index contributed by atoms with van der Waals surface area (Å²) in [7, 11) is 1.54. The van der Waals surface area contributed by atoms with Crippen molar-refractivity contribution in [1.29, 1.82) is 0 Å². The molecule has 8 nitrogen and oxygen atoms in total. The summed E-state index contributed by atoms with van der Waals surface area (Å²) in [5.74, 6) is 1.06. The molecule has 0 bridgehead atoms. The molecule has 3 rings (SSSR count). The first-order valence-corrected chi connectivity index (χ1v) is 8.37. The summed E-state index contributed by atoms with van der Waals surface area (Å²) in [5.41, 5.74) is 3.25. The molecule has 1 heterocycles. The lowest BCUT2D eigenvalue weighted by Gasteiger charge is -2.04. The zero-order valence-electron chi connectivity index (χ0n) is 14.6. The third-order valence-corrected chi connectivity index (χ3v) is 4.06. The van der Waals surface area contributed by atoms with Gasteiger partial charge < -0.3 is 9.15 Å². The van der Waals surface area contributed by atoms with Crippen LogP contribution in [0.25, 0.3) is 11.3 Å². The van der Waals surface area contributed by atoms with Crippen LogP contribution in [0.1, 0.15) is 16.1 Å². The lowest BCUT2D eigenvalue weighted by molar-refractivity contribution is -0.384. The molecule has 3 aromatic rings. The molecule has 0 aliphatic heterocycles. The van der Waals surface area contributed by atoms with E-state index in [1.54, 1.807) is 30.3 Å². The highest BCUT2D eigenvalue weighted by Gasteiger charge is 2.09. The third-order valence-electron chi connectivity index (χ3n) is 3.76. The summed E-state index contributed by atoms with van der Waals surface area (Å²) in [6.07, 6.45) is 1.35. The number of methoxy groups -OCH3 is 1. The summed E-state index contributed by atoms with van der Waals surface area (Å²) in [6, 6.07) is 13.9. The van der Waals surface area contributed by atoms with Gasteiger partial charge in [0.15, 0.2) is 0 Å². The number of nitro benzene ring substituents is 1. The highest BCUT2D eigenvalue weighted by molar-refractivity contribution is 6.32. The molecule has 1 amide bonds. The first-order chi connectivity index (χ1) is 13.5. The minimum atomic E-state index is -0.537. The van der Waals surface area contributed by atoms with E-state index >= 15 is 0 Å². The minimum Gasteiger partial charge on any atom is -0.495 e. The number of hydrogen-bond acceptors (Lipinski definition) is 6. The Morgan fingerprint density at radius 2 is 1.96 bits per heavy atom. The minimum absolute atomic E-state index is 0.0956. The SMILES string of the molecule is COc1ccc(-c2ccc(/C=N/NC(=O)c3ccc([N+](=O)[O-])cc3)o2)cc1Cl. The number of rotatable bonds is 6. The lowest BCUT2D eigenvalue weighted by atomic mass is 10.2. The average Bonchev–Trinajstić information content (AvgIpc) is 3.17. The number of furan rings is 1. The molecule has 0 unspecified atom stereocenters. The zero-order valence-corrected chi connectivity index (χ0v) is 15.3. The number of nitrogens with one attached hydrogen (secondary N) is 1. The number of non-ortho nitro benzene ring substituents is 1. The maximum atomic E-state index is 12.0. The fourth-order valence-electron chi connectivity index (χ4n) is 2.35. The molecule has 0 saturated carbocycles. The highest BCUT2D eigenvalue weighted by Crippen LogP contribution is 2.30. The fourth-order valence-corrected chi connectivity index (χ4v) is 2.61. The Balaban J connectivity index is 1.64. The van der Waals surface area contributed by atoms with Crippen LogP contribution >= 0.6 is 11.6 Å². The van der Waals surface area contributed by atoms with Crippen molar-refractivity contribution < 1.29 is 18.9 Å². The molecule has 1 N–H and O–H groups in total. The number of carbonyl (C=O) groups is 1. The van der Waals surface area contributed by atoms with E-state index in [9.17, 15) is 14.9 Å². The molecular formula is C19H14ClN3O5. The van der Waals surface area contributed by atoms with Gasteiger partial charge in [0.1, 0.15) is 17.3 Å². The molecule has 2 aromatic carbocycles. The van der Waals surface area contributed by atoms with Crippen LogP contribution in [0, 0.1) is 10.1 Å². The molecule has 1 aromatic heterocycles. The largest absolute Gasteiger partial charge is 0.495 e. The normalized spacial score (nSPS) is 10.8. The topological polar surface area (TPSA) is 107 Å². The number of nitrogens with zero attached hydrogens (tertiary/aromatic N) is 2. The zero-order chi connectivity index (χ0) is 20.1. The maximum Gasteiger partial charge on any atom is 0.271 e. The molecule has 0 aliphatic rings. The van der Waals surface area contributed by atoms with Gasteiger partial charge in [-0.2, -0.15) is 5.10 Å². The molecule has 0 saturated heterocycles. The van der Waals surface area contributed by atoms with Gasteiger partial charge in [0, 0.05) is 23.3 Å². The molecule has 142 valence electrons. The van der Waals surface area contributed by atoms with E-state index in [-0.39, 0.29) is 11.3 Å². The van der Waals surface area contributed by atoms with E-state index < -0.39 is 10.8 Å². The maximum absolute atomic E-state index is 12.0. The van der Waals surface area contributed by atoms with E-state index in [0.717, 1.165) is 5.56 Å². The van der Waals surface area contributed by atoms with Crippen molar-refractivity contribution in [3.05, 3.63) is 81.1 Å². The smallest absolute Gasteiger partial charge is 0.271 e. The van der Waals surface area contributed by atoms with Gasteiger partial charge in [0.25, 0.3) is 11.6 Å². The summed E-state index contributed by atoms with van der Waals surface area (Å²) in [5, 5.41) is 14.9. The predicted molar refractivity (Wildman–Crippen MR) is 104 cm³/mol. The van der Waals surface area contributed by atoms with Crippen LogP contribution in [0.5, 0.6) is 5.75 Å².